The third-order valence-corrected chi connectivity index (χ3v) is 3.41. The van der Waals surface area contributed by atoms with Gasteiger partial charge in [-0.25, -0.2) is 5.84 Å². The van der Waals surface area contributed by atoms with Crippen LogP contribution in [-0.4, -0.2) is 28.6 Å². The van der Waals surface area contributed by atoms with E-state index in [-0.39, 0.29) is 23.7 Å². The van der Waals surface area contributed by atoms with Crippen LogP contribution in [0.3, 0.4) is 0 Å². The average Bonchev–Trinajstić information content (AvgIpc) is 2.17. The summed E-state index contributed by atoms with van der Waals surface area (Å²) in [6.45, 7) is 4.05. The van der Waals surface area contributed by atoms with Crippen molar-refractivity contribution in [3.63, 3.8) is 0 Å². The van der Waals surface area contributed by atoms with Crippen molar-refractivity contribution in [1.82, 2.24) is 5.43 Å². The fourth-order valence-electron chi connectivity index (χ4n) is 0.805. The van der Waals surface area contributed by atoms with Crippen LogP contribution in [-0.2, 0) is 4.79 Å². The SMILES string of the molecule is CCC(SCC(C)CO)C(=O)NN. The van der Waals surface area contributed by atoms with Crippen molar-refractivity contribution in [2.75, 3.05) is 12.4 Å². The highest BCUT2D eigenvalue weighted by Crippen LogP contribution is 2.17. The van der Waals surface area contributed by atoms with Crippen LogP contribution in [0.2, 0.25) is 0 Å². The molecule has 0 bridgehead atoms. The lowest BCUT2D eigenvalue weighted by Crippen LogP contribution is -2.37. The van der Waals surface area contributed by atoms with Crippen LogP contribution in [0.25, 0.3) is 0 Å². The molecule has 0 heterocycles. The highest BCUT2D eigenvalue weighted by molar-refractivity contribution is 8.00. The summed E-state index contributed by atoms with van der Waals surface area (Å²) in [5, 5.41) is 8.68. The Morgan fingerprint density at radius 2 is 2.31 bits per heavy atom. The molecule has 0 aliphatic carbocycles. The van der Waals surface area contributed by atoms with Crippen LogP contribution < -0.4 is 11.3 Å². The first kappa shape index (κ1) is 12.7. The molecule has 0 aliphatic heterocycles. The van der Waals surface area contributed by atoms with Crippen molar-refractivity contribution >= 4 is 17.7 Å². The summed E-state index contributed by atoms with van der Waals surface area (Å²) in [7, 11) is 0. The number of hydrogen-bond donors (Lipinski definition) is 3. The minimum absolute atomic E-state index is 0.0981. The van der Waals surface area contributed by atoms with E-state index >= 15 is 0 Å². The Kier molecular flexibility index (Phi) is 7.03. The summed E-state index contributed by atoms with van der Waals surface area (Å²) in [6.07, 6.45) is 0.756. The molecule has 4 N–H and O–H groups in total. The van der Waals surface area contributed by atoms with Gasteiger partial charge in [-0.2, -0.15) is 0 Å². The first-order valence-electron chi connectivity index (χ1n) is 4.38. The normalized spacial score (nSPS) is 15.1. The number of carbonyl (C=O) groups is 1. The van der Waals surface area contributed by atoms with Crippen molar-refractivity contribution in [2.45, 2.75) is 25.5 Å². The third-order valence-electron chi connectivity index (χ3n) is 1.70. The highest BCUT2D eigenvalue weighted by Gasteiger charge is 2.16. The van der Waals surface area contributed by atoms with Crippen molar-refractivity contribution in [3.05, 3.63) is 0 Å². The lowest BCUT2D eigenvalue weighted by molar-refractivity contribution is -0.120. The lowest BCUT2D eigenvalue weighted by Gasteiger charge is -2.14. The number of rotatable bonds is 6. The number of amides is 1. The van der Waals surface area contributed by atoms with Gasteiger partial charge in [0.2, 0.25) is 5.91 Å². The summed E-state index contributed by atoms with van der Waals surface area (Å²) in [4.78, 5) is 11.1. The molecular formula is C8H18N2O2S. The smallest absolute Gasteiger partial charge is 0.246 e. The van der Waals surface area contributed by atoms with Crippen LogP contribution in [0.1, 0.15) is 20.3 Å². The molecule has 2 atom stereocenters. The van der Waals surface area contributed by atoms with Gasteiger partial charge in [0.1, 0.15) is 0 Å². The second-order valence-electron chi connectivity index (χ2n) is 3.03. The molecule has 0 spiro atoms. The predicted octanol–water partition coefficient (Wildman–Crippen LogP) is 0.116. The average molecular weight is 206 g/mol. The van der Waals surface area contributed by atoms with Gasteiger partial charge in [-0.15, -0.1) is 11.8 Å². The highest BCUT2D eigenvalue weighted by atomic mass is 32.2. The predicted molar refractivity (Wildman–Crippen MR) is 55.1 cm³/mol. The summed E-state index contributed by atoms with van der Waals surface area (Å²) in [5.74, 6) is 5.89. The van der Waals surface area contributed by atoms with Gasteiger partial charge in [-0.05, 0) is 18.1 Å². The number of aliphatic hydroxyl groups is 1. The van der Waals surface area contributed by atoms with Crippen LogP contribution >= 0.6 is 11.8 Å². The molecular weight excluding hydrogens is 188 g/mol. The van der Waals surface area contributed by atoms with Gasteiger partial charge in [0, 0.05) is 6.61 Å². The fraction of sp³-hybridized carbons (Fsp3) is 0.875. The molecule has 0 aromatic rings. The first-order valence-corrected chi connectivity index (χ1v) is 5.43. The van der Waals surface area contributed by atoms with Gasteiger partial charge in [0.25, 0.3) is 0 Å². The second-order valence-corrected chi connectivity index (χ2v) is 4.26. The van der Waals surface area contributed by atoms with E-state index < -0.39 is 0 Å². The number of aliphatic hydroxyl groups excluding tert-OH is 1. The largest absolute Gasteiger partial charge is 0.396 e. The Balaban J connectivity index is 3.78. The molecule has 0 aromatic carbocycles. The molecule has 0 saturated carbocycles. The fourth-order valence-corrected chi connectivity index (χ4v) is 1.93. The maximum absolute atomic E-state index is 11.1. The Labute approximate surface area is 83.2 Å². The number of hydrazine groups is 1. The zero-order valence-electron chi connectivity index (χ0n) is 8.12. The second kappa shape index (κ2) is 7.17. The first-order chi connectivity index (χ1) is 6.15. The number of nitrogens with one attached hydrogen (secondary N) is 1. The molecule has 4 nitrogen and oxygen atoms in total. The van der Waals surface area contributed by atoms with E-state index in [0.29, 0.717) is 0 Å². The molecule has 78 valence electrons. The summed E-state index contributed by atoms with van der Waals surface area (Å²) < 4.78 is 0. The van der Waals surface area contributed by atoms with Gasteiger partial charge < -0.3 is 5.11 Å². The van der Waals surface area contributed by atoms with Crippen molar-refractivity contribution in [2.24, 2.45) is 11.8 Å². The molecule has 0 fully saturated rings. The van der Waals surface area contributed by atoms with E-state index in [4.69, 9.17) is 10.9 Å². The molecule has 2 unspecified atom stereocenters. The lowest BCUT2D eigenvalue weighted by atomic mass is 10.2. The Hall–Kier alpha value is -0.260. The molecule has 0 aliphatic rings. The number of nitrogens with two attached hydrogens (primary N) is 1. The zero-order valence-corrected chi connectivity index (χ0v) is 8.93. The van der Waals surface area contributed by atoms with Crippen LogP contribution in [0, 0.1) is 5.92 Å². The topological polar surface area (TPSA) is 75.3 Å². The molecule has 0 radical (unpaired) electrons. The van der Waals surface area contributed by atoms with Crippen LogP contribution in [0.15, 0.2) is 0 Å². The minimum atomic E-state index is -0.141. The number of hydrogen-bond acceptors (Lipinski definition) is 4. The molecule has 13 heavy (non-hydrogen) atoms. The van der Waals surface area contributed by atoms with E-state index in [9.17, 15) is 4.79 Å². The van der Waals surface area contributed by atoms with Gasteiger partial charge in [0.05, 0.1) is 5.25 Å². The van der Waals surface area contributed by atoms with Crippen molar-refractivity contribution in [3.8, 4) is 0 Å². The van der Waals surface area contributed by atoms with Crippen LogP contribution in [0.4, 0.5) is 0 Å². The monoisotopic (exact) mass is 206 g/mol. The van der Waals surface area contributed by atoms with E-state index in [1.54, 1.807) is 0 Å². The maximum atomic E-state index is 11.1. The Bertz CT molecular complexity index is 155. The maximum Gasteiger partial charge on any atom is 0.246 e. The summed E-state index contributed by atoms with van der Waals surface area (Å²) in [5.41, 5.74) is 2.14. The van der Waals surface area contributed by atoms with Gasteiger partial charge in [-0.1, -0.05) is 13.8 Å². The Morgan fingerprint density at radius 3 is 2.69 bits per heavy atom. The number of carbonyl (C=O) groups excluding carboxylic acids is 1. The zero-order chi connectivity index (χ0) is 10.3. The molecule has 1 amide bonds. The van der Waals surface area contributed by atoms with Crippen molar-refractivity contribution in [1.29, 1.82) is 0 Å². The van der Waals surface area contributed by atoms with E-state index in [1.165, 1.54) is 11.8 Å². The molecule has 0 rings (SSSR count). The van der Waals surface area contributed by atoms with E-state index in [0.717, 1.165) is 12.2 Å². The van der Waals surface area contributed by atoms with E-state index in [2.05, 4.69) is 5.43 Å². The minimum Gasteiger partial charge on any atom is -0.396 e. The quantitative estimate of drug-likeness (QED) is 0.328. The molecule has 0 aromatic heterocycles. The van der Waals surface area contributed by atoms with Crippen molar-refractivity contribution < 1.29 is 9.90 Å². The molecule has 5 heteroatoms. The molecule has 0 saturated heterocycles. The standard InChI is InChI=1S/C8H18N2O2S/c1-3-7(8(12)10-9)13-5-6(2)4-11/h6-7,11H,3-5,9H2,1-2H3,(H,10,12). The van der Waals surface area contributed by atoms with Gasteiger partial charge in [-0.3, -0.25) is 10.2 Å². The van der Waals surface area contributed by atoms with Gasteiger partial charge >= 0.3 is 0 Å². The van der Waals surface area contributed by atoms with Crippen LogP contribution in [0.5, 0.6) is 0 Å². The summed E-state index contributed by atoms with van der Waals surface area (Å²) >= 11 is 1.53. The third kappa shape index (κ3) is 5.13. The van der Waals surface area contributed by atoms with E-state index in [1.807, 2.05) is 13.8 Å². The number of thioether (sulfide) groups is 1. The summed E-state index contributed by atoms with van der Waals surface area (Å²) in [6, 6.07) is 0. The Morgan fingerprint density at radius 1 is 1.69 bits per heavy atom. The van der Waals surface area contributed by atoms with Gasteiger partial charge in [0.15, 0.2) is 0 Å².